The maximum absolute atomic E-state index is 14.1. The number of hydrogen-bond acceptors (Lipinski definition) is 3. The molecule has 1 atom stereocenters. The number of imidazole rings is 1. The van der Waals surface area contributed by atoms with E-state index < -0.39 is 6.04 Å². The Balaban J connectivity index is 2.26. The Morgan fingerprint density at radius 3 is 2.73 bits per heavy atom. The minimum absolute atomic E-state index is 0.134. The van der Waals surface area contributed by atoms with Crippen molar-refractivity contribution in [1.29, 1.82) is 0 Å². The van der Waals surface area contributed by atoms with Gasteiger partial charge in [-0.1, -0.05) is 18.2 Å². The van der Waals surface area contributed by atoms with E-state index in [0.29, 0.717) is 24.4 Å². The van der Waals surface area contributed by atoms with Crippen molar-refractivity contribution >= 4 is 5.91 Å². The molecule has 118 valence electrons. The number of benzene rings is 1. The van der Waals surface area contributed by atoms with Gasteiger partial charge < -0.3 is 14.8 Å². The van der Waals surface area contributed by atoms with Crippen LogP contribution < -0.4 is 5.32 Å². The second-order valence-electron chi connectivity index (χ2n) is 5.47. The lowest BCUT2D eigenvalue weighted by molar-refractivity contribution is -0.121. The predicted molar refractivity (Wildman–Crippen MR) is 82.8 cm³/mol. The number of carbonyl (C=O) groups is 1. The van der Waals surface area contributed by atoms with Crippen molar-refractivity contribution in [2.75, 3.05) is 20.6 Å². The van der Waals surface area contributed by atoms with Crippen molar-refractivity contribution in [2.24, 2.45) is 7.05 Å². The number of carbonyl (C=O) groups excluding carboxylic acids is 1. The second kappa shape index (κ2) is 7.17. The molecular formula is C16H21FN4O. The summed E-state index contributed by atoms with van der Waals surface area (Å²) in [6.45, 7) is 0.635. The molecule has 1 aromatic heterocycles. The van der Waals surface area contributed by atoms with E-state index in [2.05, 4.69) is 10.3 Å². The minimum atomic E-state index is -0.601. The van der Waals surface area contributed by atoms with Crippen LogP contribution in [0.3, 0.4) is 0 Å². The predicted octanol–water partition coefficient (Wildman–Crippen LogP) is 1.72. The molecule has 1 amide bonds. The van der Waals surface area contributed by atoms with Crippen LogP contribution in [0.15, 0.2) is 36.7 Å². The number of aryl methyl sites for hydroxylation is 1. The molecule has 0 aliphatic rings. The first-order valence-electron chi connectivity index (χ1n) is 7.14. The summed E-state index contributed by atoms with van der Waals surface area (Å²) in [5.41, 5.74) is 0.412. The molecule has 0 aliphatic heterocycles. The molecule has 0 radical (unpaired) electrons. The number of amides is 1. The number of halogens is 1. The molecule has 0 saturated carbocycles. The van der Waals surface area contributed by atoms with E-state index in [1.165, 1.54) is 6.07 Å². The van der Waals surface area contributed by atoms with Crippen molar-refractivity contribution in [1.82, 2.24) is 19.8 Å². The molecule has 22 heavy (non-hydrogen) atoms. The Morgan fingerprint density at radius 1 is 1.41 bits per heavy atom. The minimum Gasteiger partial charge on any atom is -0.342 e. The lowest BCUT2D eigenvalue weighted by Crippen LogP contribution is -2.33. The maximum atomic E-state index is 14.1. The molecule has 5 nitrogen and oxygen atoms in total. The van der Waals surface area contributed by atoms with Crippen LogP contribution in [0, 0.1) is 5.82 Å². The van der Waals surface area contributed by atoms with E-state index in [0.717, 1.165) is 0 Å². The van der Waals surface area contributed by atoms with Crippen molar-refractivity contribution in [3.05, 3.63) is 53.9 Å². The van der Waals surface area contributed by atoms with Crippen molar-refractivity contribution in [3.8, 4) is 0 Å². The van der Waals surface area contributed by atoms with E-state index >= 15 is 0 Å². The van der Waals surface area contributed by atoms with E-state index in [9.17, 15) is 9.18 Å². The molecule has 2 aromatic rings. The third-order valence-electron chi connectivity index (χ3n) is 3.42. The molecule has 1 unspecified atom stereocenters. The van der Waals surface area contributed by atoms with Gasteiger partial charge in [0, 0.05) is 38.0 Å². The van der Waals surface area contributed by atoms with Gasteiger partial charge >= 0.3 is 0 Å². The highest BCUT2D eigenvalue weighted by atomic mass is 19.1. The highest BCUT2D eigenvalue weighted by Crippen LogP contribution is 2.23. The first-order chi connectivity index (χ1) is 10.5. The topological polar surface area (TPSA) is 50.2 Å². The van der Waals surface area contributed by atoms with Gasteiger partial charge in [-0.25, -0.2) is 9.37 Å². The fraction of sp³-hybridized carbons (Fsp3) is 0.375. The highest BCUT2D eigenvalue weighted by molar-refractivity contribution is 5.77. The van der Waals surface area contributed by atoms with Gasteiger partial charge in [0.05, 0.1) is 0 Å². The smallest absolute Gasteiger partial charge is 0.222 e. The Labute approximate surface area is 129 Å². The Kier molecular flexibility index (Phi) is 5.27. The molecule has 0 saturated heterocycles. The Hall–Kier alpha value is -2.21. The fourth-order valence-corrected chi connectivity index (χ4v) is 2.20. The average Bonchev–Trinajstić information content (AvgIpc) is 2.89. The third-order valence-corrected chi connectivity index (χ3v) is 3.42. The summed E-state index contributed by atoms with van der Waals surface area (Å²) in [4.78, 5) is 18.3. The second-order valence-corrected chi connectivity index (χ2v) is 5.47. The van der Waals surface area contributed by atoms with Crippen LogP contribution >= 0.6 is 0 Å². The quantitative estimate of drug-likeness (QED) is 0.884. The fourth-order valence-electron chi connectivity index (χ4n) is 2.20. The van der Waals surface area contributed by atoms with Gasteiger partial charge in [-0.05, 0) is 20.2 Å². The normalized spacial score (nSPS) is 12.4. The molecule has 1 N–H and O–H groups in total. The van der Waals surface area contributed by atoms with Gasteiger partial charge in [0.1, 0.15) is 17.7 Å². The summed E-state index contributed by atoms with van der Waals surface area (Å²) < 4.78 is 15.9. The summed E-state index contributed by atoms with van der Waals surface area (Å²) in [6, 6.07) is 5.83. The van der Waals surface area contributed by atoms with Crippen LogP contribution in [0.25, 0.3) is 0 Å². The van der Waals surface area contributed by atoms with Crippen LogP contribution in [-0.4, -0.2) is 41.0 Å². The van der Waals surface area contributed by atoms with E-state index in [4.69, 9.17) is 0 Å². The zero-order chi connectivity index (χ0) is 16.1. The summed E-state index contributed by atoms with van der Waals surface area (Å²) in [7, 11) is 5.63. The lowest BCUT2D eigenvalue weighted by Gasteiger charge is -2.20. The average molecular weight is 304 g/mol. The number of rotatable bonds is 6. The van der Waals surface area contributed by atoms with Crippen molar-refractivity contribution < 1.29 is 9.18 Å². The summed E-state index contributed by atoms with van der Waals surface area (Å²) >= 11 is 0. The molecule has 1 heterocycles. The Bertz CT molecular complexity index is 639. The van der Waals surface area contributed by atoms with Crippen molar-refractivity contribution in [2.45, 2.75) is 12.5 Å². The lowest BCUT2D eigenvalue weighted by atomic mass is 10.1. The number of aromatic nitrogens is 2. The van der Waals surface area contributed by atoms with Crippen LogP contribution in [-0.2, 0) is 11.8 Å². The molecule has 0 spiro atoms. The number of nitrogens with zero attached hydrogens (tertiary/aromatic N) is 3. The molecular weight excluding hydrogens is 283 g/mol. The maximum Gasteiger partial charge on any atom is 0.222 e. The van der Waals surface area contributed by atoms with Gasteiger partial charge in [-0.2, -0.15) is 0 Å². The largest absolute Gasteiger partial charge is 0.342 e. The number of nitrogens with one attached hydrogen (secondary N) is 1. The molecule has 0 aliphatic carbocycles. The SMILES string of the molecule is CN(C)CCC(=O)NC(c1ccccc1F)c1nccn1C. The van der Waals surface area contributed by atoms with Gasteiger partial charge in [0.25, 0.3) is 0 Å². The van der Waals surface area contributed by atoms with E-state index in [1.54, 1.807) is 35.2 Å². The van der Waals surface area contributed by atoms with Gasteiger partial charge in [0.15, 0.2) is 0 Å². The van der Waals surface area contributed by atoms with Crippen LogP contribution in [0.2, 0.25) is 0 Å². The molecule has 1 aromatic carbocycles. The van der Waals surface area contributed by atoms with Crippen LogP contribution in [0.5, 0.6) is 0 Å². The first-order valence-corrected chi connectivity index (χ1v) is 7.14. The Morgan fingerprint density at radius 2 is 2.14 bits per heavy atom. The summed E-state index contributed by atoms with van der Waals surface area (Å²) in [6.07, 6.45) is 3.76. The molecule has 0 fully saturated rings. The summed E-state index contributed by atoms with van der Waals surface area (Å²) in [5, 5.41) is 2.88. The van der Waals surface area contributed by atoms with Gasteiger partial charge in [-0.15, -0.1) is 0 Å². The third kappa shape index (κ3) is 3.92. The van der Waals surface area contributed by atoms with Crippen molar-refractivity contribution in [3.63, 3.8) is 0 Å². The van der Waals surface area contributed by atoms with E-state index in [1.807, 2.05) is 26.0 Å². The first kappa shape index (κ1) is 16.2. The summed E-state index contributed by atoms with van der Waals surface area (Å²) in [5.74, 6) is 0.108. The molecule has 2 rings (SSSR count). The standard InChI is InChI=1S/C16H21FN4O/c1-20(2)10-8-14(22)19-15(16-18-9-11-21(16)3)12-6-4-5-7-13(12)17/h4-7,9,11,15H,8,10H2,1-3H3,(H,19,22). The molecule has 6 heteroatoms. The van der Waals surface area contributed by atoms with Gasteiger partial charge in [-0.3, -0.25) is 4.79 Å². The zero-order valence-electron chi connectivity index (χ0n) is 13.1. The van der Waals surface area contributed by atoms with Crippen LogP contribution in [0.1, 0.15) is 23.9 Å². The number of hydrogen-bond donors (Lipinski definition) is 1. The monoisotopic (exact) mass is 304 g/mol. The van der Waals surface area contributed by atoms with E-state index in [-0.39, 0.29) is 11.7 Å². The zero-order valence-corrected chi connectivity index (χ0v) is 13.1. The van der Waals surface area contributed by atoms with Crippen LogP contribution in [0.4, 0.5) is 4.39 Å². The highest BCUT2D eigenvalue weighted by Gasteiger charge is 2.23. The molecule has 0 bridgehead atoms. The van der Waals surface area contributed by atoms with Gasteiger partial charge in [0.2, 0.25) is 5.91 Å².